The Morgan fingerprint density at radius 2 is 1.82 bits per heavy atom. The molecule has 6 nitrogen and oxygen atoms in total. The fourth-order valence-corrected chi connectivity index (χ4v) is 2.70. The molecule has 1 aromatic carbocycles. The van der Waals surface area contributed by atoms with Crippen molar-refractivity contribution in [1.82, 2.24) is 9.47 Å². The summed E-state index contributed by atoms with van der Waals surface area (Å²) in [5.41, 5.74) is -1.79. The molecular weight excluding hydrogens is 377 g/mol. The van der Waals surface area contributed by atoms with E-state index in [9.17, 15) is 22.8 Å². The lowest BCUT2D eigenvalue weighted by Gasteiger charge is -2.22. The van der Waals surface area contributed by atoms with Crippen LogP contribution in [0.4, 0.5) is 13.2 Å². The first-order valence-electron chi connectivity index (χ1n) is 8.46. The largest absolute Gasteiger partial charge is 0.493 e. The van der Waals surface area contributed by atoms with Crippen LogP contribution in [0.3, 0.4) is 0 Å². The van der Waals surface area contributed by atoms with Crippen molar-refractivity contribution in [3.05, 3.63) is 58.0 Å². The minimum atomic E-state index is -4.77. The number of nitrogens with zero attached hydrogens (tertiary/aromatic N) is 2. The smallest absolute Gasteiger partial charge is 0.421 e. The van der Waals surface area contributed by atoms with E-state index in [1.807, 2.05) is 0 Å². The second-order valence-electron chi connectivity index (χ2n) is 5.95. The third kappa shape index (κ3) is 4.85. The van der Waals surface area contributed by atoms with Crippen LogP contribution in [0.5, 0.6) is 11.5 Å². The van der Waals surface area contributed by atoms with Crippen molar-refractivity contribution in [2.75, 3.05) is 20.8 Å². The number of hydrogen-bond donors (Lipinski definition) is 0. The molecule has 0 aliphatic carbocycles. The third-order valence-electron chi connectivity index (χ3n) is 4.19. The number of likely N-dealkylation sites (N-methyl/N-ethyl adjacent to an activating group) is 1. The molecule has 0 spiro atoms. The summed E-state index contributed by atoms with van der Waals surface area (Å²) in [6.45, 7) is 1.79. The Bertz CT molecular complexity index is 893. The minimum Gasteiger partial charge on any atom is -0.493 e. The fourth-order valence-electron chi connectivity index (χ4n) is 2.70. The maximum atomic E-state index is 12.9. The van der Waals surface area contributed by atoms with Crippen LogP contribution in [0.1, 0.15) is 18.1 Å². The van der Waals surface area contributed by atoms with Crippen LogP contribution in [0.15, 0.2) is 41.3 Å². The number of benzene rings is 1. The van der Waals surface area contributed by atoms with Gasteiger partial charge in [0.05, 0.1) is 14.2 Å². The summed E-state index contributed by atoms with van der Waals surface area (Å²) in [6, 6.07) is 6.97. The maximum Gasteiger partial charge on any atom is 0.421 e. The molecule has 0 saturated carbocycles. The number of aromatic nitrogens is 1. The molecule has 1 heterocycles. The van der Waals surface area contributed by atoms with Gasteiger partial charge < -0.3 is 18.9 Å². The van der Waals surface area contributed by atoms with Crippen LogP contribution in [0.25, 0.3) is 0 Å². The monoisotopic (exact) mass is 398 g/mol. The lowest BCUT2D eigenvalue weighted by atomic mass is 10.2. The van der Waals surface area contributed by atoms with Gasteiger partial charge in [-0.05, 0) is 36.8 Å². The van der Waals surface area contributed by atoms with Crippen molar-refractivity contribution in [3.63, 3.8) is 0 Å². The predicted molar refractivity (Wildman–Crippen MR) is 96.3 cm³/mol. The molecule has 0 aliphatic rings. The maximum absolute atomic E-state index is 12.9. The Labute approximate surface area is 160 Å². The first-order valence-corrected chi connectivity index (χ1v) is 8.46. The molecule has 2 aromatic rings. The van der Waals surface area contributed by atoms with Gasteiger partial charge in [-0.3, -0.25) is 9.59 Å². The number of pyridine rings is 1. The molecule has 2 rings (SSSR count). The number of carbonyl (C=O) groups excluding carboxylic acids is 1. The zero-order chi connectivity index (χ0) is 20.9. The van der Waals surface area contributed by atoms with Crippen molar-refractivity contribution in [2.45, 2.75) is 26.2 Å². The van der Waals surface area contributed by atoms with Crippen LogP contribution in [0.2, 0.25) is 0 Å². The van der Waals surface area contributed by atoms with E-state index < -0.39 is 29.8 Å². The summed E-state index contributed by atoms with van der Waals surface area (Å²) < 4.78 is 49.8. The van der Waals surface area contributed by atoms with Crippen LogP contribution >= 0.6 is 0 Å². The van der Waals surface area contributed by atoms with Gasteiger partial charge in [0, 0.05) is 19.3 Å². The molecule has 0 bridgehead atoms. The Morgan fingerprint density at radius 3 is 2.39 bits per heavy atom. The topological polar surface area (TPSA) is 60.8 Å². The van der Waals surface area contributed by atoms with E-state index in [0.717, 1.165) is 16.2 Å². The van der Waals surface area contributed by atoms with Gasteiger partial charge in [-0.2, -0.15) is 13.2 Å². The van der Waals surface area contributed by atoms with E-state index >= 15 is 0 Å². The first-order chi connectivity index (χ1) is 13.2. The molecule has 1 amide bonds. The number of carbonyl (C=O) groups is 1. The summed E-state index contributed by atoms with van der Waals surface area (Å²) in [7, 11) is 3.00. The van der Waals surface area contributed by atoms with Crippen molar-refractivity contribution in [2.24, 2.45) is 0 Å². The molecule has 0 fully saturated rings. The lowest BCUT2D eigenvalue weighted by molar-refractivity contribution is -0.139. The zero-order valence-electron chi connectivity index (χ0n) is 15.7. The van der Waals surface area contributed by atoms with Crippen molar-refractivity contribution < 1.29 is 27.4 Å². The van der Waals surface area contributed by atoms with Gasteiger partial charge in [0.1, 0.15) is 12.1 Å². The summed E-state index contributed by atoms with van der Waals surface area (Å²) in [5, 5.41) is 0. The average molecular weight is 398 g/mol. The molecule has 1 aromatic heterocycles. The van der Waals surface area contributed by atoms with Crippen molar-refractivity contribution in [3.8, 4) is 11.5 Å². The highest BCUT2D eigenvalue weighted by Crippen LogP contribution is 2.28. The molecule has 0 saturated heterocycles. The van der Waals surface area contributed by atoms with Gasteiger partial charge in [-0.1, -0.05) is 6.07 Å². The van der Waals surface area contributed by atoms with Gasteiger partial charge in [-0.25, -0.2) is 0 Å². The van der Waals surface area contributed by atoms with Crippen molar-refractivity contribution in [1.29, 1.82) is 0 Å². The van der Waals surface area contributed by atoms with E-state index in [-0.39, 0.29) is 6.54 Å². The molecule has 0 N–H and O–H groups in total. The highest BCUT2D eigenvalue weighted by atomic mass is 19.4. The normalized spacial score (nSPS) is 11.2. The lowest BCUT2D eigenvalue weighted by Crippen LogP contribution is -2.37. The molecule has 0 radical (unpaired) electrons. The van der Waals surface area contributed by atoms with Gasteiger partial charge >= 0.3 is 6.18 Å². The Kier molecular flexibility index (Phi) is 6.71. The number of rotatable bonds is 7. The molecule has 152 valence electrons. The number of alkyl halides is 3. The third-order valence-corrected chi connectivity index (χ3v) is 4.19. The quantitative estimate of drug-likeness (QED) is 0.720. The van der Waals surface area contributed by atoms with Gasteiger partial charge in [-0.15, -0.1) is 0 Å². The Hall–Kier alpha value is -2.97. The highest BCUT2D eigenvalue weighted by Gasteiger charge is 2.34. The van der Waals surface area contributed by atoms with Crippen molar-refractivity contribution >= 4 is 5.91 Å². The molecule has 0 aliphatic heterocycles. The number of ether oxygens (including phenoxy) is 2. The summed E-state index contributed by atoms with van der Waals surface area (Å²) >= 11 is 0. The number of halogens is 3. The molecule has 28 heavy (non-hydrogen) atoms. The average Bonchev–Trinajstić information content (AvgIpc) is 2.66. The predicted octanol–water partition coefficient (Wildman–Crippen LogP) is 2.93. The fraction of sp³-hybridized carbons (Fsp3) is 0.368. The first kappa shape index (κ1) is 21.3. The van der Waals surface area contributed by atoms with E-state index in [1.165, 1.54) is 25.3 Å². The second-order valence-corrected chi connectivity index (χ2v) is 5.95. The van der Waals surface area contributed by atoms with Crippen LogP contribution < -0.4 is 15.0 Å². The molecule has 0 atom stereocenters. The second kappa shape index (κ2) is 8.81. The number of amides is 1. The molecule has 0 unspecified atom stereocenters. The summed E-state index contributed by atoms with van der Waals surface area (Å²) in [6.07, 6.45) is -3.60. The van der Waals surface area contributed by atoms with Gasteiger partial charge in [0.2, 0.25) is 5.91 Å². The van der Waals surface area contributed by atoms with Gasteiger partial charge in [0.15, 0.2) is 11.5 Å². The standard InChI is InChI=1S/C19H21F3N2O4/c1-4-23(11-13-7-8-15(27-2)16(10-13)28-3)17(25)12-24-9-5-6-14(18(24)26)19(20,21)22/h5-10H,4,11-12H2,1-3H3. The van der Waals surface area contributed by atoms with Crippen LogP contribution in [-0.4, -0.2) is 36.1 Å². The summed E-state index contributed by atoms with van der Waals surface area (Å²) in [5.74, 6) is 0.562. The van der Waals surface area contributed by atoms with Crippen LogP contribution in [0, 0.1) is 0 Å². The summed E-state index contributed by atoms with van der Waals surface area (Å²) in [4.78, 5) is 26.0. The number of hydrogen-bond acceptors (Lipinski definition) is 4. The zero-order valence-corrected chi connectivity index (χ0v) is 15.7. The minimum absolute atomic E-state index is 0.212. The van der Waals surface area contributed by atoms with E-state index in [2.05, 4.69) is 0 Å². The van der Waals surface area contributed by atoms with Gasteiger partial charge in [0.25, 0.3) is 5.56 Å². The van der Waals surface area contributed by atoms with Crippen LogP contribution in [-0.2, 0) is 24.1 Å². The van der Waals surface area contributed by atoms with E-state index in [1.54, 1.807) is 25.1 Å². The van der Waals surface area contributed by atoms with E-state index in [0.29, 0.717) is 24.1 Å². The SMILES string of the molecule is CCN(Cc1ccc(OC)c(OC)c1)C(=O)Cn1cccc(C(F)(F)F)c1=O. The highest BCUT2D eigenvalue weighted by molar-refractivity contribution is 5.76. The van der Waals surface area contributed by atoms with E-state index in [4.69, 9.17) is 9.47 Å². The Morgan fingerprint density at radius 1 is 1.14 bits per heavy atom. The molecule has 9 heteroatoms. The molecular formula is C19H21F3N2O4. The Balaban J connectivity index is 2.20. The number of methoxy groups -OCH3 is 2.